The number of allylic oxidation sites excluding steroid dienone is 2. The van der Waals surface area contributed by atoms with Crippen LogP contribution < -0.4 is 10.3 Å². The Hall–Kier alpha value is -2.94. The molecule has 0 fully saturated rings. The molecule has 1 N–H and O–H groups in total. The Bertz CT molecular complexity index is 1420. The molecule has 0 radical (unpaired) electrons. The van der Waals surface area contributed by atoms with E-state index < -0.39 is 9.84 Å². The predicted octanol–water partition coefficient (Wildman–Crippen LogP) is 5.17. The minimum atomic E-state index is -3.46. The topological polar surface area (TPSA) is 107 Å². The predicted molar refractivity (Wildman–Crippen MR) is 144 cm³/mol. The molecule has 0 bridgehead atoms. The first-order chi connectivity index (χ1) is 17.0. The molecule has 3 aromatic rings. The lowest BCUT2D eigenvalue weighted by Crippen LogP contribution is -2.11. The van der Waals surface area contributed by atoms with E-state index in [4.69, 9.17) is 9.72 Å². The summed E-state index contributed by atoms with van der Waals surface area (Å²) in [5.74, 6) is 1.63. The van der Waals surface area contributed by atoms with Crippen molar-refractivity contribution < 1.29 is 13.2 Å². The van der Waals surface area contributed by atoms with Gasteiger partial charge in [0.15, 0.2) is 15.4 Å². The number of rotatable bonds is 11. The maximum atomic E-state index is 13.1. The lowest BCUT2D eigenvalue weighted by molar-refractivity contribution is 0.318. The first-order valence-corrected chi connectivity index (χ1v) is 14.5. The summed E-state index contributed by atoms with van der Waals surface area (Å²) >= 11 is 0. The molecule has 196 valence electrons. The Labute approximate surface area is 213 Å². The van der Waals surface area contributed by atoms with Crippen molar-refractivity contribution in [3.8, 4) is 17.1 Å². The largest absolute Gasteiger partial charge is 0.493 e. The molecule has 1 aromatic carbocycles. The van der Waals surface area contributed by atoms with Crippen molar-refractivity contribution in [2.75, 3.05) is 12.9 Å². The number of ether oxygens (including phenoxy) is 1. The summed E-state index contributed by atoms with van der Waals surface area (Å²) in [5, 5.41) is 4.61. The molecule has 0 atom stereocenters. The average molecular weight is 515 g/mol. The normalized spacial score (nSPS) is 12.8. The first kappa shape index (κ1) is 27.6. The maximum absolute atomic E-state index is 13.1. The fraction of sp³-hybridized carbons (Fsp3) is 0.519. The second-order valence-electron chi connectivity index (χ2n) is 9.80. The van der Waals surface area contributed by atoms with Crippen molar-refractivity contribution in [2.24, 2.45) is 11.8 Å². The number of aromatic amines is 1. The highest BCUT2D eigenvalue weighted by molar-refractivity contribution is 7.90. The third kappa shape index (κ3) is 6.24. The summed E-state index contributed by atoms with van der Waals surface area (Å²) in [6.45, 7) is 13.8. The van der Waals surface area contributed by atoms with Gasteiger partial charge in [0, 0.05) is 12.8 Å². The molecule has 9 heteroatoms. The van der Waals surface area contributed by atoms with E-state index in [0.29, 0.717) is 48.2 Å². The van der Waals surface area contributed by atoms with Gasteiger partial charge < -0.3 is 9.72 Å². The summed E-state index contributed by atoms with van der Waals surface area (Å²) in [5.41, 5.74) is 3.12. The summed E-state index contributed by atoms with van der Waals surface area (Å²) in [4.78, 5) is 20.8. The monoisotopic (exact) mass is 514 g/mol. The molecule has 0 amide bonds. The van der Waals surface area contributed by atoms with Crippen LogP contribution in [0.1, 0.15) is 60.1 Å². The zero-order chi connectivity index (χ0) is 26.6. The summed E-state index contributed by atoms with van der Waals surface area (Å²) < 4.78 is 32.2. The van der Waals surface area contributed by atoms with Gasteiger partial charge in [-0.05, 0) is 49.3 Å². The second-order valence-corrected chi connectivity index (χ2v) is 11.8. The van der Waals surface area contributed by atoms with Gasteiger partial charge in [-0.15, -0.1) is 0 Å². The number of hydrogen-bond acceptors (Lipinski definition) is 6. The minimum absolute atomic E-state index is 0.133. The van der Waals surface area contributed by atoms with Crippen LogP contribution in [0.15, 0.2) is 39.5 Å². The van der Waals surface area contributed by atoms with E-state index in [0.717, 1.165) is 24.8 Å². The highest BCUT2D eigenvalue weighted by atomic mass is 32.2. The highest BCUT2D eigenvalue weighted by Gasteiger charge is 2.20. The molecular weight excluding hydrogens is 476 g/mol. The van der Waals surface area contributed by atoms with Crippen LogP contribution in [0.2, 0.25) is 0 Å². The van der Waals surface area contributed by atoms with Crippen molar-refractivity contribution in [3.63, 3.8) is 0 Å². The Morgan fingerprint density at radius 2 is 1.89 bits per heavy atom. The maximum Gasteiger partial charge on any atom is 0.279 e. The number of nitrogens with one attached hydrogen (secondary N) is 1. The van der Waals surface area contributed by atoms with E-state index in [2.05, 4.69) is 43.9 Å². The number of nitrogens with zero attached hydrogens (tertiary/aromatic N) is 3. The highest BCUT2D eigenvalue weighted by Crippen LogP contribution is 2.31. The summed E-state index contributed by atoms with van der Waals surface area (Å²) in [7, 11) is -3.46. The van der Waals surface area contributed by atoms with Crippen molar-refractivity contribution in [1.29, 1.82) is 0 Å². The lowest BCUT2D eigenvalue weighted by Gasteiger charge is -2.14. The van der Waals surface area contributed by atoms with Crippen LogP contribution in [0.25, 0.3) is 22.4 Å². The van der Waals surface area contributed by atoms with Crippen molar-refractivity contribution in [3.05, 3.63) is 45.9 Å². The van der Waals surface area contributed by atoms with Crippen molar-refractivity contribution in [2.45, 2.75) is 72.2 Å². The third-order valence-corrected chi connectivity index (χ3v) is 7.14. The molecule has 2 heterocycles. The van der Waals surface area contributed by atoms with Crippen LogP contribution in [-0.4, -0.2) is 41.0 Å². The van der Waals surface area contributed by atoms with Gasteiger partial charge in [0.25, 0.3) is 5.56 Å². The molecular formula is C27H38N4O4S. The van der Waals surface area contributed by atoms with Crippen LogP contribution in [0.4, 0.5) is 0 Å². The first-order valence-electron chi connectivity index (χ1n) is 12.6. The number of hydrogen-bond donors (Lipinski definition) is 1. The second kappa shape index (κ2) is 11.4. The van der Waals surface area contributed by atoms with Crippen LogP contribution in [-0.2, 0) is 22.8 Å². The number of aryl methyl sites for hydroxylation is 2. The van der Waals surface area contributed by atoms with E-state index in [1.54, 1.807) is 6.07 Å². The number of benzene rings is 1. The van der Waals surface area contributed by atoms with Gasteiger partial charge in [-0.2, -0.15) is 5.10 Å². The van der Waals surface area contributed by atoms with E-state index in [1.165, 1.54) is 17.7 Å². The Kier molecular flexibility index (Phi) is 8.76. The van der Waals surface area contributed by atoms with Crippen molar-refractivity contribution >= 4 is 20.9 Å². The van der Waals surface area contributed by atoms with Crippen LogP contribution in [0.3, 0.4) is 0 Å². The van der Waals surface area contributed by atoms with E-state index in [-0.39, 0.29) is 21.8 Å². The number of H-pyrrole nitrogens is 1. The Morgan fingerprint density at radius 1 is 1.17 bits per heavy atom. The molecule has 0 saturated heterocycles. The van der Waals surface area contributed by atoms with Crippen LogP contribution >= 0.6 is 0 Å². The zero-order valence-corrected chi connectivity index (χ0v) is 23.2. The van der Waals surface area contributed by atoms with E-state index in [9.17, 15) is 13.2 Å². The van der Waals surface area contributed by atoms with Gasteiger partial charge in [0.2, 0.25) is 0 Å². The molecule has 0 spiro atoms. The average Bonchev–Trinajstić information content (AvgIpc) is 3.17. The molecule has 0 saturated carbocycles. The zero-order valence-electron chi connectivity index (χ0n) is 22.4. The van der Waals surface area contributed by atoms with Crippen molar-refractivity contribution in [1.82, 2.24) is 19.7 Å². The molecule has 3 rings (SSSR count). The van der Waals surface area contributed by atoms with Gasteiger partial charge in [-0.1, -0.05) is 53.2 Å². The quantitative estimate of drug-likeness (QED) is 0.354. The van der Waals surface area contributed by atoms with E-state index in [1.807, 2.05) is 18.5 Å². The van der Waals surface area contributed by atoms with Gasteiger partial charge in [-0.3, -0.25) is 9.48 Å². The Balaban J connectivity index is 2.13. The van der Waals surface area contributed by atoms with Gasteiger partial charge in [0.05, 0.1) is 22.8 Å². The third-order valence-electron chi connectivity index (χ3n) is 6.03. The molecule has 0 aliphatic carbocycles. The SMILES string of the molecule is CCCOc1ccc(S(C)(=O)=O)cc1-c1nc2c(CC)n(CC/C(=C/C(C)C)C(C)C)nc2c(=O)[nH]1. The van der Waals surface area contributed by atoms with Gasteiger partial charge in [-0.25, -0.2) is 13.4 Å². The fourth-order valence-electron chi connectivity index (χ4n) is 4.22. The molecule has 0 aliphatic heterocycles. The van der Waals surface area contributed by atoms with Crippen LogP contribution in [0.5, 0.6) is 5.75 Å². The van der Waals surface area contributed by atoms with Crippen LogP contribution in [0, 0.1) is 11.8 Å². The number of sulfone groups is 1. The summed E-state index contributed by atoms with van der Waals surface area (Å²) in [6, 6.07) is 4.63. The Morgan fingerprint density at radius 3 is 2.47 bits per heavy atom. The number of aromatic nitrogens is 4. The molecule has 8 nitrogen and oxygen atoms in total. The van der Waals surface area contributed by atoms with E-state index >= 15 is 0 Å². The smallest absolute Gasteiger partial charge is 0.279 e. The lowest BCUT2D eigenvalue weighted by atomic mass is 9.96. The number of fused-ring (bicyclic) bond motifs is 1. The molecule has 0 unspecified atom stereocenters. The summed E-state index contributed by atoms with van der Waals surface area (Å²) in [6.07, 6.45) is 5.73. The fourth-order valence-corrected chi connectivity index (χ4v) is 4.86. The molecule has 36 heavy (non-hydrogen) atoms. The molecule has 0 aliphatic rings. The van der Waals surface area contributed by atoms with Gasteiger partial charge in [0.1, 0.15) is 17.1 Å². The standard InChI is InChI=1S/C27H38N4O4S/c1-8-14-35-23-11-10-20(36(7,33)34)16-21(23)26-28-24-22(9-2)31(30-25(24)27(32)29-26)13-12-19(18(5)6)15-17(3)4/h10-11,15-18H,8-9,12-14H2,1-7H3,(H,28,29,32)/b19-15-. The van der Waals surface area contributed by atoms with Gasteiger partial charge >= 0.3 is 0 Å². The minimum Gasteiger partial charge on any atom is -0.493 e. The molecule has 2 aromatic heterocycles.